The van der Waals surface area contributed by atoms with E-state index in [2.05, 4.69) is 34.5 Å². The molecule has 0 aromatic heterocycles. The van der Waals surface area contributed by atoms with Crippen LogP contribution in [-0.4, -0.2) is 30.8 Å². The van der Waals surface area contributed by atoms with Crippen LogP contribution in [0.2, 0.25) is 0 Å². The molecule has 0 unspecified atom stereocenters. The lowest BCUT2D eigenvalue weighted by atomic mass is 9.86. The minimum absolute atomic E-state index is 0.366. The van der Waals surface area contributed by atoms with E-state index in [9.17, 15) is 5.11 Å². The number of nitrogens with one attached hydrogen (secondary N) is 1. The zero-order chi connectivity index (χ0) is 15.9. The summed E-state index contributed by atoms with van der Waals surface area (Å²) < 4.78 is 0. The number of nitrogens with zero attached hydrogens (tertiary/aromatic N) is 1. The first-order valence-corrected chi connectivity index (χ1v) is 9.53. The highest BCUT2D eigenvalue weighted by molar-refractivity contribution is 5.47. The van der Waals surface area contributed by atoms with E-state index in [1.807, 2.05) is 0 Å². The number of benzene rings is 1. The van der Waals surface area contributed by atoms with Crippen molar-refractivity contribution in [3.8, 4) is 0 Å². The standard InChI is InChI=1S/C20H32N2O/c23-16-18-5-9-19(10-6-18)21-15-17-7-11-20(12-8-17)22-13-3-1-2-4-14-22/h7-8,11-12,18-19,21,23H,1-6,9-10,13-16H2. The van der Waals surface area contributed by atoms with Gasteiger partial charge in [0.05, 0.1) is 0 Å². The van der Waals surface area contributed by atoms with Gasteiger partial charge in [0.2, 0.25) is 0 Å². The van der Waals surface area contributed by atoms with Gasteiger partial charge in [0.25, 0.3) is 0 Å². The second kappa shape index (κ2) is 8.70. The second-order valence-electron chi connectivity index (χ2n) is 7.35. The highest BCUT2D eigenvalue weighted by Gasteiger charge is 2.19. The summed E-state index contributed by atoms with van der Waals surface area (Å²) >= 11 is 0. The van der Waals surface area contributed by atoms with Gasteiger partial charge < -0.3 is 15.3 Å². The molecule has 2 N–H and O–H groups in total. The Hall–Kier alpha value is -1.06. The number of aliphatic hydroxyl groups excluding tert-OH is 1. The summed E-state index contributed by atoms with van der Waals surface area (Å²) in [5.41, 5.74) is 2.77. The zero-order valence-electron chi connectivity index (χ0n) is 14.3. The van der Waals surface area contributed by atoms with Gasteiger partial charge in [-0.05, 0) is 62.1 Å². The Morgan fingerprint density at radius 2 is 1.57 bits per heavy atom. The van der Waals surface area contributed by atoms with Crippen molar-refractivity contribution >= 4 is 5.69 Å². The Morgan fingerprint density at radius 1 is 0.913 bits per heavy atom. The molecule has 3 heteroatoms. The zero-order valence-corrected chi connectivity index (χ0v) is 14.3. The fourth-order valence-electron chi connectivity index (χ4n) is 3.96. The van der Waals surface area contributed by atoms with Crippen LogP contribution in [0.25, 0.3) is 0 Å². The summed E-state index contributed by atoms with van der Waals surface area (Å²) in [5.74, 6) is 0.543. The van der Waals surface area contributed by atoms with Crippen LogP contribution < -0.4 is 10.2 Å². The van der Waals surface area contributed by atoms with Crippen molar-refractivity contribution in [2.75, 3.05) is 24.6 Å². The molecule has 1 heterocycles. The molecule has 1 aromatic carbocycles. The van der Waals surface area contributed by atoms with Crippen LogP contribution in [0.1, 0.15) is 56.9 Å². The van der Waals surface area contributed by atoms with Crippen LogP contribution in [0, 0.1) is 5.92 Å². The molecule has 128 valence electrons. The van der Waals surface area contributed by atoms with Gasteiger partial charge in [0.15, 0.2) is 0 Å². The van der Waals surface area contributed by atoms with Gasteiger partial charge in [0.1, 0.15) is 0 Å². The lowest BCUT2D eigenvalue weighted by molar-refractivity contribution is 0.175. The average Bonchev–Trinajstić information content (AvgIpc) is 2.90. The molecule has 3 nitrogen and oxygen atoms in total. The first-order chi connectivity index (χ1) is 11.3. The summed E-state index contributed by atoms with van der Waals surface area (Å²) in [7, 11) is 0. The summed E-state index contributed by atoms with van der Waals surface area (Å²) in [6.07, 6.45) is 10.2. The fourth-order valence-corrected chi connectivity index (χ4v) is 3.96. The van der Waals surface area contributed by atoms with Crippen molar-refractivity contribution in [3.05, 3.63) is 29.8 Å². The van der Waals surface area contributed by atoms with Crippen LogP contribution in [0.4, 0.5) is 5.69 Å². The van der Waals surface area contributed by atoms with E-state index >= 15 is 0 Å². The highest BCUT2D eigenvalue weighted by Crippen LogP contribution is 2.24. The number of hydrogen-bond donors (Lipinski definition) is 2. The molecule has 2 fully saturated rings. The van der Waals surface area contributed by atoms with Gasteiger partial charge in [-0.2, -0.15) is 0 Å². The molecule has 0 bridgehead atoms. The van der Waals surface area contributed by atoms with Crippen molar-refractivity contribution in [3.63, 3.8) is 0 Å². The Morgan fingerprint density at radius 3 is 2.17 bits per heavy atom. The smallest absolute Gasteiger partial charge is 0.0459 e. The Balaban J connectivity index is 1.46. The molecule has 1 saturated carbocycles. The van der Waals surface area contributed by atoms with Gasteiger partial charge in [-0.1, -0.05) is 25.0 Å². The fraction of sp³-hybridized carbons (Fsp3) is 0.700. The lowest BCUT2D eigenvalue weighted by Gasteiger charge is -2.28. The second-order valence-corrected chi connectivity index (χ2v) is 7.35. The normalized spacial score (nSPS) is 26.0. The first-order valence-electron chi connectivity index (χ1n) is 9.53. The maximum Gasteiger partial charge on any atom is 0.0459 e. The van der Waals surface area contributed by atoms with Gasteiger partial charge in [-0.15, -0.1) is 0 Å². The molecule has 0 atom stereocenters. The van der Waals surface area contributed by atoms with E-state index in [0.717, 1.165) is 6.54 Å². The Bertz CT molecular complexity index is 443. The third-order valence-corrected chi connectivity index (χ3v) is 5.61. The van der Waals surface area contributed by atoms with Crippen molar-refractivity contribution in [1.29, 1.82) is 0 Å². The summed E-state index contributed by atoms with van der Waals surface area (Å²) in [6, 6.07) is 9.79. The molecule has 0 spiro atoms. The van der Waals surface area contributed by atoms with E-state index in [-0.39, 0.29) is 0 Å². The number of aliphatic hydroxyl groups is 1. The van der Waals surface area contributed by atoms with Gasteiger partial charge in [-0.3, -0.25) is 0 Å². The first kappa shape index (κ1) is 16.8. The maximum absolute atomic E-state index is 9.21. The van der Waals surface area contributed by atoms with E-state index < -0.39 is 0 Å². The van der Waals surface area contributed by atoms with Crippen LogP contribution in [-0.2, 0) is 6.54 Å². The van der Waals surface area contributed by atoms with Crippen LogP contribution in [0.3, 0.4) is 0 Å². The maximum atomic E-state index is 9.21. The molecule has 2 aliphatic rings. The van der Waals surface area contributed by atoms with Crippen LogP contribution in [0.15, 0.2) is 24.3 Å². The molecule has 1 aliphatic heterocycles. The number of hydrogen-bond acceptors (Lipinski definition) is 3. The highest BCUT2D eigenvalue weighted by atomic mass is 16.3. The average molecular weight is 316 g/mol. The van der Waals surface area contributed by atoms with Crippen molar-refractivity contribution in [1.82, 2.24) is 5.32 Å². The Labute approximate surface area is 141 Å². The number of rotatable bonds is 5. The molecule has 1 saturated heterocycles. The summed E-state index contributed by atoms with van der Waals surface area (Å²) in [4.78, 5) is 2.54. The molecule has 0 amide bonds. The summed E-state index contributed by atoms with van der Waals surface area (Å²) in [5, 5.41) is 12.9. The predicted octanol–water partition coefficient (Wildman–Crippen LogP) is 3.71. The Kier molecular flexibility index (Phi) is 6.35. The monoisotopic (exact) mass is 316 g/mol. The quantitative estimate of drug-likeness (QED) is 0.869. The molecule has 3 rings (SSSR count). The third kappa shape index (κ3) is 4.95. The molecule has 1 aromatic rings. The van der Waals surface area contributed by atoms with E-state index in [1.54, 1.807) is 0 Å². The van der Waals surface area contributed by atoms with E-state index in [1.165, 1.54) is 75.7 Å². The molecule has 0 radical (unpaired) electrons. The molecular weight excluding hydrogens is 284 g/mol. The summed E-state index contributed by atoms with van der Waals surface area (Å²) in [6.45, 7) is 3.76. The van der Waals surface area contributed by atoms with Crippen LogP contribution in [0.5, 0.6) is 0 Å². The third-order valence-electron chi connectivity index (χ3n) is 5.61. The predicted molar refractivity (Wildman–Crippen MR) is 96.8 cm³/mol. The van der Waals surface area contributed by atoms with Crippen molar-refractivity contribution in [2.24, 2.45) is 5.92 Å². The van der Waals surface area contributed by atoms with E-state index in [0.29, 0.717) is 18.6 Å². The molecule has 23 heavy (non-hydrogen) atoms. The minimum Gasteiger partial charge on any atom is -0.396 e. The van der Waals surface area contributed by atoms with Gasteiger partial charge in [0, 0.05) is 38.0 Å². The molecule has 1 aliphatic carbocycles. The SMILES string of the molecule is OCC1CCC(NCc2ccc(N3CCCCCC3)cc2)CC1. The lowest BCUT2D eigenvalue weighted by Crippen LogP contribution is -2.33. The minimum atomic E-state index is 0.366. The topological polar surface area (TPSA) is 35.5 Å². The van der Waals surface area contributed by atoms with E-state index in [4.69, 9.17) is 0 Å². The largest absolute Gasteiger partial charge is 0.396 e. The van der Waals surface area contributed by atoms with Gasteiger partial charge >= 0.3 is 0 Å². The molecular formula is C20H32N2O. The van der Waals surface area contributed by atoms with Crippen molar-refractivity contribution in [2.45, 2.75) is 64.0 Å². The van der Waals surface area contributed by atoms with Crippen LogP contribution >= 0.6 is 0 Å². The number of anilines is 1. The van der Waals surface area contributed by atoms with Gasteiger partial charge in [-0.25, -0.2) is 0 Å². The van der Waals surface area contributed by atoms with Crippen molar-refractivity contribution < 1.29 is 5.11 Å².